The summed E-state index contributed by atoms with van der Waals surface area (Å²) in [6.07, 6.45) is 6.90. The lowest BCUT2D eigenvalue weighted by atomic mass is 10.0. The molecule has 8 nitrogen and oxygen atoms in total. The first kappa shape index (κ1) is 22.0. The van der Waals surface area contributed by atoms with Crippen molar-refractivity contribution in [2.24, 2.45) is 0 Å². The summed E-state index contributed by atoms with van der Waals surface area (Å²) in [7, 11) is -4.12. The topological polar surface area (TPSA) is 96.7 Å². The highest BCUT2D eigenvalue weighted by molar-refractivity contribution is 7.90. The summed E-state index contributed by atoms with van der Waals surface area (Å²) in [6.45, 7) is 0.613. The number of nitrogens with zero attached hydrogens (tertiary/aromatic N) is 4. The fourth-order valence-electron chi connectivity index (χ4n) is 4.23. The summed E-state index contributed by atoms with van der Waals surface area (Å²) in [5, 5.41) is 4.13. The van der Waals surface area contributed by atoms with Gasteiger partial charge >= 0.3 is 0 Å². The molecule has 1 atom stereocenters. The first-order valence-corrected chi connectivity index (χ1v) is 12.0. The van der Waals surface area contributed by atoms with Crippen molar-refractivity contribution in [2.45, 2.75) is 23.8 Å². The van der Waals surface area contributed by atoms with Gasteiger partial charge in [-0.2, -0.15) is 5.10 Å². The summed E-state index contributed by atoms with van der Waals surface area (Å²) in [5.74, 6) is -1.84. The monoisotopic (exact) mass is 483 g/mol. The lowest BCUT2D eigenvalue weighted by molar-refractivity contribution is 0.0983. The Labute approximate surface area is 193 Å². The Bertz CT molecular complexity index is 1490. The van der Waals surface area contributed by atoms with Gasteiger partial charge in [0, 0.05) is 36.4 Å². The van der Waals surface area contributed by atoms with Crippen LogP contribution in [0.3, 0.4) is 0 Å². The number of rotatable bonds is 5. The molecule has 11 heteroatoms. The maximum absolute atomic E-state index is 14.5. The lowest BCUT2D eigenvalue weighted by Gasteiger charge is -2.27. The number of carbonyl (C=O) groups is 1. The highest BCUT2D eigenvalue weighted by Crippen LogP contribution is 2.38. The normalized spacial score (nSPS) is 16.2. The molecule has 0 saturated carbocycles. The second-order valence-corrected chi connectivity index (χ2v) is 9.60. The molecule has 0 bridgehead atoms. The van der Waals surface area contributed by atoms with Crippen molar-refractivity contribution in [2.75, 3.05) is 11.4 Å². The molecule has 1 aliphatic heterocycles. The van der Waals surface area contributed by atoms with Gasteiger partial charge in [-0.15, -0.1) is 0 Å². The number of aromatic nitrogens is 3. The van der Waals surface area contributed by atoms with Crippen LogP contribution in [0.15, 0.2) is 72.1 Å². The maximum atomic E-state index is 14.5. The van der Waals surface area contributed by atoms with E-state index in [0.717, 1.165) is 24.8 Å². The number of benzene rings is 1. The molecule has 1 aliphatic rings. The number of fused-ring (bicyclic) bond motifs is 1. The first-order valence-electron chi connectivity index (χ1n) is 10.5. The van der Waals surface area contributed by atoms with Crippen molar-refractivity contribution in [3.8, 4) is 0 Å². The molecule has 1 fully saturated rings. The van der Waals surface area contributed by atoms with Gasteiger partial charge in [0.15, 0.2) is 0 Å². The van der Waals surface area contributed by atoms with Gasteiger partial charge in [-0.3, -0.25) is 9.78 Å². The molecule has 0 aliphatic carbocycles. The Morgan fingerprint density at radius 3 is 2.76 bits per heavy atom. The van der Waals surface area contributed by atoms with Crippen LogP contribution in [0.1, 0.15) is 34.8 Å². The van der Waals surface area contributed by atoms with E-state index in [1.165, 1.54) is 35.1 Å². The standard InChI is InChI=1S/C23H19F2N5O3S/c24-15-5-6-20(25)18(11-15)21-4-2-9-29(21)16-7-10-30-22(12-16)19(14-27-30)23(31)28-34(32,33)17-3-1-8-26-13-17/h1,3,5-8,10-14,21H,2,4,9H2,(H,28,31)/t21-/m1/s1. The third kappa shape index (κ3) is 3.98. The number of hydrogen-bond donors (Lipinski definition) is 1. The molecular weight excluding hydrogens is 464 g/mol. The van der Waals surface area contributed by atoms with Crippen LogP contribution in [0.5, 0.6) is 0 Å². The molecule has 1 amide bonds. The quantitative estimate of drug-likeness (QED) is 0.467. The SMILES string of the molecule is O=C(NS(=O)(=O)c1cccnc1)c1cnn2ccc(N3CCC[C@@H]3c3cc(F)ccc3F)cc12. The van der Waals surface area contributed by atoms with Gasteiger partial charge in [0.2, 0.25) is 0 Å². The predicted molar refractivity (Wildman–Crippen MR) is 120 cm³/mol. The molecule has 4 aromatic rings. The molecule has 4 heterocycles. The van der Waals surface area contributed by atoms with Crippen LogP contribution in [0.25, 0.3) is 5.52 Å². The van der Waals surface area contributed by atoms with Crippen molar-refractivity contribution in [1.82, 2.24) is 19.3 Å². The van der Waals surface area contributed by atoms with Crippen LogP contribution in [0.2, 0.25) is 0 Å². The molecule has 1 saturated heterocycles. The highest BCUT2D eigenvalue weighted by atomic mass is 32.2. The number of pyridine rings is 2. The van der Waals surface area contributed by atoms with Gasteiger partial charge < -0.3 is 4.90 Å². The fourth-order valence-corrected chi connectivity index (χ4v) is 5.16. The number of sulfonamides is 1. The van der Waals surface area contributed by atoms with Crippen LogP contribution < -0.4 is 9.62 Å². The van der Waals surface area contributed by atoms with Gasteiger partial charge in [-0.25, -0.2) is 26.4 Å². The Morgan fingerprint density at radius 1 is 1.12 bits per heavy atom. The molecule has 0 radical (unpaired) electrons. The molecule has 0 spiro atoms. The summed E-state index contributed by atoms with van der Waals surface area (Å²) < 4.78 is 56.8. The summed E-state index contributed by atoms with van der Waals surface area (Å²) in [6, 6.07) is 9.28. The Morgan fingerprint density at radius 2 is 1.97 bits per heavy atom. The van der Waals surface area contributed by atoms with Gasteiger partial charge in [0.25, 0.3) is 15.9 Å². The number of anilines is 1. The lowest BCUT2D eigenvalue weighted by Crippen LogP contribution is -2.30. The summed E-state index contributed by atoms with van der Waals surface area (Å²) >= 11 is 0. The van der Waals surface area contributed by atoms with E-state index in [2.05, 4.69) is 10.1 Å². The molecule has 1 N–H and O–H groups in total. The van der Waals surface area contributed by atoms with E-state index in [1.54, 1.807) is 18.3 Å². The van der Waals surface area contributed by atoms with Crippen molar-refractivity contribution >= 4 is 27.1 Å². The molecule has 5 rings (SSSR count). The van der Waals surface area contributed by atoms with Crippen LogP contribution in [-0.4, -0.2) is 35.5 Å². The van der Waals surface area contributed by atoms with Crippen molar-refractivity contribution in [1.29, 1.82) is 0 Å². The van der Waals surface area contributed by atoms with Gasteiger partial charge in [0.1, 0.15) is 16.5 Å². The van der Waals surface area contributed by atoms with Gasteiger partial charge in [-0.05, 0) is 55.3 Å². The smallest absolute Gasteiger partial charge is 0.268 e. The third-order valence-corrected chi connectivity index (χ3v) is 7.14. The van der Waals surface area contributed by atoms with Gasteiger partial charge in [0.05, 0.1) is 23.3 Å². The molecule has 0 unspecified atom stereocenters. The number of carbonyl (C=O) groups excluding carboxylic acids is 1. The molecule has 3 aromatic heterocycles. The number of hydrogen-bond acceptors (Lipinski definition) is 6. The molecular formula is C23H19F2N5O3S. The zero-order valence-corrected chi connectivity index (χ0v) is 18.5. The van der Waals surface area contributed by atoms with E-state index < -0.39 is 27.6 Å². The third-order valence-electron chi connectivity index (χ3n) is 5.82. The van der Waals surface area contributed by atoms with E-state index in [0.29, 0.717) is 24.2 Å². The first-order chi connectivity index (χ1) is 16.3. The largest absolute Gasteiger partial charge is 0.364 e. The van der Waals surface area contributed by atoms with Crippen LogP contribution in [0, 0.1) is 11.6 Å². The van der Waals surface area contributed by atoms with E-state index in [1.807, 2.05) is 9.62 Å². The molecule has 34 heavy (non-hydrogen) atoms. The number of halogens is 2. The van der Waals surface area contributed by atoms with E-state index in [9.17, 15) is 22.0 Å². The number of amides is 1. The summed E-state index contributed by atoms with van der Waals surface area (Å²) in [5.41, 5.74) is 1.39. The van der Waals surface area contributed by atoms with E-state index in [-0.39, 0.29) is 22.1 Å². The minimum atomic E-state index is -4.12. The van der Waals surface area contributed by atoms with Gasteiger partial charge in [-0.1, -0.05) is 0 Å². The van der Waals surface area contributed by atoms with Crippen molar-refractivity contribution < 1.29 is 22.0 Å². The van der Waals surface area contributed by atoms with Crippen LogP contribution in [-0.2, 0) is 10.0 Å². The Hall–Kier alpha value is -3.86. The number of nitrogens with one attached hydrogen (secondary N) is 1. The average molecular weight is 484 g/mol. The maximum Gasteiger partial charge on any atom is 0.268 e. The van der Waals surface area contributed by atoms with Crippen LogP contribution >= 0.6 is 0 Å². The fraction of sp³-hybridized carbons (Fsp3) is 0.174. The Kier molecular flexibility index (Phi) is 5.48. The summed E-state index contributed by atoms with van der Waals surface area (Å²) in [4.78, 5) is 18.4. The van der Waals surface area contributed by atoms with E-state index >= 15 is 0 Å². The minimum Gasteiger partial charge on any atom is -0.364 e. The molecule has 1 aromatic carbocycles. The second kappa shape index (κ2) is 8.49. The predicted octanol–water partition coefficient (Wildman–Crippen LogP) is 3.47. The average Bonchev–Trinajstić information content (AvgIpc) is 3.48. The minimum absolute atomic E-state index is 0.0574. The molecule has 174 valence electrons. The zero-order valence-electron chi connectivity index (χ0n) is 17.7. The van der Waals surface area contributed by atoms with Crippen molar-refractivity contribution in [3.63, 3.8) is 0 Å². The van der Waals surface area contributed by atoms with Crippen molar-refractivity contribution in [3.05, 3.63) is 90.0 Å². The van der Waals surface area contributed by atoms with Crippen LogP contribution in [0.4, 0.5) is 14.5 Å². The second-order valence-electron chi connectivity index (χ2n) is 7.91. The highest BCUT2D eigenvalue weighted by Gasteiger charge is 2.29. The van der Waals surface area contributed by atoms with E-state index in [4.69, 9.17) is 0 Å². The Balaban J connectivity index is 1.47. The zero-order chi connectivity index (χ0) is 23.9.